The molecule has 0 spiro atoms. The quantitative estimate of drug-likeness (QED) is 0.623. The first-order chi connectivity index (χ1) is 13.0. The number of rotatable bonds is 3. The summed E-state index contributed by atoms with van der Waals surface area (Å²) in [5.41, 5.74) is 4.31. The molecule has 0 aromatic heterocycles. The minimum absolute atomic E-state index is 0.148. The monoisotopic (exact) mass is 360 g/mol. The Bertz CT molecular complexity index is 993. The second kappa shape index (κ2) is 6.50. The third-order valence-electron chi connectivity index (χ3n) is 5.13. The molecule has 0 radical (unpaired) electrons. The van der Waals surface area contributed by atoms with Gasteiger partial charge in [-0.1, -0.05) is 23.8 Å². The van der Waals surface area contributed by atoms with Crippen LogP contribution in [-0.2, 0) is 6.42 Å². The number of amides is 3. The van der Waals surface area contributed by atoms with E-state index in [-0.39, 0.29) is 29.8 Å². The number of carbonyl (C=O) groups is 3. The molecule has 136 valence electrons. The van der Waals surface area contributed by atoms with Crippen molar-refractivity contribution in [2.45, 2.75) is 19.8 Å². The maximum absolute atomic E-state index is 13.1. The predicted molar refractivity (Wildman–Crippen MR) is 103 cm³/mol. The van der Waals surface area contributed by atoms with Crippen LogP contribution >= 0.6 is 0 Å². The van der Waals surface area contributed by atoms with E-state index in [1.165, 1.54) is 17.2 Å². The third-order valence-corrected chi connectivity index (χ3v) is 5.13. The molecule has 0 unspecified atom stereocenters. The van der Waals surface area contributed by atoms with Gasteiger partial charge in [-0.2, -0.15) is 0 Å². The van der Waals surface area contributed by atoms with Crippen LogP contribution in [0.15, 0.2) is 49.1 Å². The van der Waals surface area contributed by atoms with Crippen molar-refractivity contribution in [2.24, 2.45) is 0 Å². The predicted octanol–water partition coefficient (Wildman–Crippen LogP) is 3.37. The van der Waals surface area contributed by atoms with E-state index in [1.807, 2.05) is 19.1 Å². The van der Waals surface area contributed by atoms with Gasteiger partial charge in [-0.05, 0) is 49.6 Å². The van der Waals surface area contributed by atoms with Crippen LogP contribution in [0.1, 0.15) is 48.6 Å². The van der Waals surface area contributed by atoms with Gasteiger partial charge in [0.05, 0.1) is 11.1 Å². The maximum Gasteiger partial charge on any atom is 0.261 e. The SMILES string of the molecule is C=CCN1C(=O)c2ccc(C(=O)N3CCCc4cc(C)ccc43)cc2C1=O. The van der Waals surface area contributed by atoms with Crippen LogP contribution in [0.5, 0.6) is 0 Å². The van der Waals surface area contributed by atoms with Gasteiger partial charge in [0, 0.05) is 24.3 Å². The Morgan fingerprint density at radius 3 is 2.67 bits per heavy atom. The highest BCUT2D eigenvalue weighted by Crippen LogP contribution is 2.30. The molecule has 2 aliphatic rings. The number of aryl methyl sites for hydroxylation is 2. The van der Waals surface area contributed by atoms with Crippen molar-refractivity contribution < 1.29 is 14.4 Å². The molecule has 2 aromatic carbocycles. The van der Waals surface area contributed by atoms with E-state index in [2.05, 4.69) is 12.6 Å². The topological polar surface area (TPSA) is 57.7 Å². The molecule has 3 amide bonds. The van der Waals surface area contributed by atoms with Gasteiger partial charge in [0.15, 0.2) is 0 Å². The fraction of sp³-hybridized carbons (Fsp3) is 0.227. The van der Waals surface area contributed by atoms with Gasteiger partial charge in [0.1, 0.15) is 0 Å². The average molecular weight is 360 g/mol. The van der Waals surface area contributed by atoms with E-state index in [0.29, 0.717) is 17.7 Å². The normalized spacial score (nSPS) is 15.6. The first-order valence-corrected chi connectivity index (χ1v) is 9.04. The van der Waals surface area contributed by atoms with Gasteiger partial charge in [-0.15, -0.1) is 6.58 Å². The molecule has 0 saturated heterocycles. The molecule has 4 rings (SSSR count). The number of hydrogen-bond donors (Lipinski definition) is 0. The van der Waals surface area contributed by atoms with Crippen LogP contribution in [0.2, 0.25) is 0 Å². The number of benzene rings is 2. The number of anilines is 1. The van der Waals surface area contributed by atoms with Crippen LogP contribution < -0.4 is 4.90 Å². The zero-order valence-electron chi connectivity index (χ0n) is 15.2. The summed E-state index contributed by atoms with van der Waals surface area (Å²) in [6.07, 6.45) is 3.37. The third kappa shape index (κ3) is 2.76. The molecule has 2 aliphatic heterocycles. The van der Waals surface area contributed by atoms with Crippen LogP contribution in [0.25, 0.3) is 0 Å². The number of carbonyl (C=O) groups excluding carboxylic acids is 3. The lowest BCUT2D eigenvalue weighted by Crippen LogP contribution is -2.35. The van der Waals surface area contributed by atoms with Gasteiger partial charge in [0.25, 0.3) is 17.7 Å². The molecule has 27 heavy (non-hydrogen) atoms. The highest BCUT2D eigenvalue weighted by atomic mass is 16.2. The van der Waals surface area contributed by atoms with E-state index in [9.17, 15) is 14.4 Å². The molecule has 0 atom stereocenters. The standard InChI is InChI=1S/C22H20N2O3/c1-3-10-24-21(26)17-8-7-16(13-18(17)22(24)27)20(25)23-11-4-5-15-12-14(2)6-9-19(15)23/h3,6-9,12-13H,1,4-5,10-11H2,2H3. The van der Waals surface area contributed by atoms with Crippen LogP contribution in [-0.4, -0.2) is 35.7 Å². The fourth-order valence-corrected chi connectivity index (χ4v) is 3.81. The Labute approximate surface area is 157 Å². The Kier molecular flexibility index (Phi) is 4.15. The van der Waals surface area contributed by atoms with E-state index in [1.54, 1.807) is 23.1 Å². The average Bonchev–Trinajstić information content (AvgIpc) is 2.91. The molecule has 2 aromatic rings. The van der Waals surface area contributed by atoms with Crippen molar-refractivity contribution in [3.05, 3.63) is 76.9 Å². The molecule has 5 nitrogen and oxygen atoms in total. The summed E-state index contributed by atoms with van der Waals surface area (Å²) in [7, 11) is 0. The number of nitrogens with zero attached hydrogens (tertiary/aromatic N) is 2. The molecule has 0 fully saturated rings. The summed E-state index contributed by atoms with van der Waals surface area (Å²) in [5.74, 6) is -0.864. The summed E-state index contributed by atoms with van der Waals surface area (Å²) in [5, 5.41) is 0. The van der Waals surface area contributed by atoms with Crippen molar-refractivity contribution in [3.8, 4) is 0 Å². The highest BCUT2D eigenvalue weighted by Gasteiger charge is 2.35. The second-order valence-electron chi connectivity index (χ2n) is 6.96. The smallest absolute Gasteiger partial charge is 0.261 e. The summed E-state index contributed by atoms with van der Waals surface area (Å²) in [4.78, 5) is 40.9. The minimum atomic E-state index is -0.376. The van der Waals surface area contributed by atoms with E-state index in [4.69, 9.17) is 0 Å². The Morgan fingerprint density at radius 2 is 1.89 bits per heavy atom. The first kappa shape index (κ1) is 17.2. The van der Waals surface area contributed by atoms with Crippen molar-refractivity contribution >= 4 is 23.4 Å². The van der Waals surface area contributed by atoms with Crippen LogP contribution in [0, 0.1) is 6.92 Å². The molecule has 0 N–H and O–H groups in total. The highest BCUT2D eigenvalue weighted by molar-refractivity contribution is 6.22. The molecular weight excluding hydrogens is 340 g/mol. The molecule has 0 aliphatic carbocycles. The first-order valence-electron chi connectivity index (χ1n) is 9.04. The molecule has 5 heteroatoms. The largest absolute Gasteiger partial charge is 0.308 e. The van der Waals surface area contributed by atoms with E-state index >= 15 is 0 Å². The summed E-state index contributed by atoms with van der Waals surface area (Å²) in [6.45, 7) is 6.43. The Balaban J connectivity index is 1.69. The molecule has 0 saturated carbocycles. The second-order valence-corrected chi connectivity index (χ2v) is 6.96. The molecular formula is C22H20N2O3. The maximum atomic E-state index is 13.1. The minimum Gasteiger partial charge on any atom is -0.308 e. The summed E-state index contributed by atoms with van der Waals surface area (Å²) in [6, 6.07) is 10.9. The van der Waals surface area contributed by atoms with Gasteiger partial charge in [0.2, 0.25) is 0 Å². The fourth-order valence-electron chi connectivity index (χ4n) is 3.81. The van der Waals surface area contributed by atoms with Crippen molar-refractivity contribution in [1.29, 1.82) is 0 Å². The van der Waals surface area contributed by atoms with Gasteiger partial charge in [-0.3, -0.25) is 19.3 Å². The summed E-state index contributed by atoms with van der Waals surface area (Å²) >= 11 is 0. The van der Waals surface area contributed by atoms with Gasteiger partial charge < -0.3 is 4.90 Å². The van der Waals surface area contributed by atoms with Crippen molar-refractivity contribution in [3.63, 3.8) is 0 Å². The lowest BCUT2D eigenvalue weighted by atomic mass is 9.98. The number of fused-ring (bicyclic) bond motifs is 2. The summed E-state index contributed by atoms with van der Waals surface area (Å²) < 4.78 is 0. The molecule has 2 heterocycles. The number of imide groups is 1. The zero-order valence-corrected chi connectivity index (χ0v) is 15.2. The Hall–Kier alpha value is -3.21. The van der Waals surface area contributed by atoms with Gasteiger partial charge in [-0.25, -0.2) is 0 Å². The van der Waals surface area contributed by atoms with Crippen LogP contribution in [0.3, 0.4) is 0 Å². The molecule has 0 bridgehead atoms. The lowest BCUT2D eigenvalue weighted by Gasteiger charge is -2.30. The van der Waals surface area contributed by atoms with E-state index in [0.717, 1.165) is 23.4 Å². The van der Waals surface area contributed by atoms with Crippen molar-refractivity contribution in [2.75, 3.05) is 18.0 Å². The number of hydrogen-bond acceptors (Lipinski definition) is 3. The zero-order chi connectivity index (χ0) is 19.1. The van der Waals surface area contributed by atoms with Crippen molar-refractivity contribution in [1.82, 2.24) is 4.90 Å². The Morgan fingerprint density at radius 1 is 1.11 bits per heavy atom. The lowest BCUT2D eigenvalue weighted by molar-refractivity contribution is 0.0672. The van der Waals surface area contributed by atoms with E-state index < -0.39 is 0 Å². The van der Waals surface area contributed by atoms with Gasteiger partial charge >= 0.3 is 0 Å². The van der Waals surface area contributed by atoms with Crippen LogP contribution in [0.4, 0.5) is 5.69 Å².